The number of ketones is 1. The Morgan fingerprint density at radius 2 is 1.38 bits per heavy atom. The van der Waals surface area contributed by atoms with E-state index in [9.17, 15) is 13.6 Å². The molecular weight excluding hydrogens is 278 g/mol. The number of alkyl halides is 2. The van der Waals surface area contributed by atoms with Crippen molar-refractivity contribution in [2.45, 2.75) is 34.1 Å². The Bertz CT molecular complexity index is 424. The molecule has 0 aliphatic heterocycles. The van der Waals surface area contributed by atoms with Gasteiger partial charge in [-0.25, -0.2) is 8.78 Å². The van der Waals surface area contributed by atoms with Crippen LogP contribution in [0, 0.1) is 27.7 Å². The summed E-state index contributed by atoms with van der Waals surface area (Å²) in [6, 6.07) is 0. The van der Waals surface area contributed by atoms with Gasteiger partial charge in [-0.05, 0) is 49.9 Å². The third-order valence-corrected chi connectivity index (χ3v) is 4.17. The van der Waals surface area contributed by atoms with Crippen LogP contribution in [0.1, 0.15) is 32.6 Å². The van der Waals surface area contributed by atoms with E-state index in [-0.39, 0.29) is 5.56 Å². The third-order valence-electron chi connectivity index (χ3n) is 2.98. The number of rotatable bonds is 2. The number of carbonyl (C=O) groups is 1. The second-order valence-corrected chi connectivity index (χ2v) is 4.65. The number of Topliss-reactive ketones (excluding diaryl/α,β-unsaturated/α-hetero) is 1. The molecule has 0 saturated carbocycles. The fourth-order valence-electron chi connectivity index (χ4n) is 1.75. The van der Waals surface area contributed by atoms with Gasteiger partial charge in [0.1, 0.15) is 0 Å². The van der Waals surface area contributed by atoms with Crippen LogP contribution >= 0.6 is 15.9 Å². The first-order valence-electron chi connectivity index (χ1n) is 4.87. The van der Waals surface area contributed by atoms with Crippen LogP contribution in [0.15, 0.2) is 4.47 Å². The zero-order chi connectivity index (χ0) is 12.6. The van der Waals surface area contributed by atoms with Crippen LogP contribution in [-0.2, 0) is 0 Å². The van der Waals surface area contributed by atoms with Gasteiger partial charge in [-0.3, -0.25) is 4.79 Å². The van der Waals surface area contributed by atoms with Gasteiger partial charge in [0, 0.05) is 10.0 Å². The molecule has 0 N–H and O–H groups in total. The van der Waals surface area contributed by atoms with Crippen LogP contribution in [0.5, 0.6) is 0 Å². The van der Waals surface area contributed by atoms with Crippen molar-refractivity contribution < 1.29 is 13.6 Å². The normalized spacial score (nSPS) is 11.0. The van der Waals surface area contributed by atoms with Gasteiger partial charge in [-0.2, -0.15) is 0 Å². The minimum atomic E-state index is -2.95. The molecule has 0 spiro atoms. The molecule has 0 unspecified atom stereocenters. The molecule has 0 fully saturated rings. The van der Waals surface area contributed by atoms with Gasteiger partial charge in [0.15, 0.2) is 0 Å². The minimum absolute atomic E-state index is 0.160. The molecule has 0 aliphatic carbocycles. The van der Waals surface area contributed by atoms with Crippen LogP contribution in [0.2, 0.25) is 0 Å². The highest BCUT2D eigenvalue weighted by Gasteiger charge is 2.24. The van der Waals surface area contributed by atoms with Crippen molar-refractivity contribution in [3.8, 4) is 0 Å². The van der Waals surface area contributed by atoms with Crippen LogP contribution in [-0.4, -0.2) is 12.2 Å². The summed E-state index contributed by atoms with van der Waals surface area (Å²) >= 11 is 3.40. The lowest BCUT2D eigenvalue weighted by atomic mass is 9.92. The quantitative estimate of drug-likeness (QED) is 0.749. The molecule has 1 rings (SSSR count). The lowest BCUT2D eigenvalue weighted by Crippen LogP contribution is -2.15. The van der Waals surface area contributed by atoms with Crippen molar-refractivity contribution in [1.82, 2.24) is 0 Å². The average Bonchev–Trinajstić information content (AvgIpc) is 2.23. The summed E-state index contributed by atoms with van der Waals surface area (Å²) in [6.07, 6.45) is -2.95. The predicted octanol–water partition coefficient (Wildman–Crippen LogP) is 4.13. The summed E-state index contributed by atoms with van der Waals surface area (Å²) in [5.74, 6) is -1.09. The summed E-state index contributed by atoms with van der Waals surface area (Å²) in [6.45, 7) is 7.02. The van der Waals surface area contributed by atoms with E-state index in [2.05, 4.69) is 15.9 Å². The van der Waals surface area contributed by atoms with E-state index in [1.807, 2.05) is 13.8 Å². The van der Waals surface area contributed by atoms with E-state index in [0.717, 1.165) is 15.6 Å². The Balaban J connectivity index is 3.58. The molecule has 0 amide bonds. The third kappa shape index (κ3) is 2.03. The largest absolute Gasteiger partial charge is 0.300 e. The Morgan fingerprint density at radius 3 is 1.69 bits per heavy atom. The van der Waals surface area contributed by atoms with E-state index < -0.39 is 12.2 Å². The van der Waals surface area contributed by atoms with Gasteiger partial charge < -0.3 is 0 Å². The molecule has 0 aromatic heterocycles. The molecule has 0 saturated heterocycles. The lowest BCUT2D eigenvalue weighted by Gasteiger charge is -2.16. The first-order valence-corrected chi connectivity index (χ1v) is 5.66. The van der Waals surface area contributed by atoms with E-state index in [0.29, 0.717) is 11.1 Å². The zero-order valence-electron chi connectivity index (χ0n) is 9.62. The Hall–Kier alpha value is -0.770. The van der Waals surface area contributed by atoms with Gasteiger partial charge in [0.2, 0.25) is 5.78 Å². The maximum Gasteiger partial charge on any atom is 0.300 e. The second-order valence-electron chi connectivity index (χ2n) is 3.85. The van der Waals surface area contributed by atoms with Crippen molar-refractivity contribution >= 4 is 21.7 Å². The molecule has 1 aromatic carbocycles. The predicted molar refractivity (Wildman–Crippen MR) is 63.4 cm³/mol. The maximum absolute atomic E-state index is 12.5. The van der Waals surface area contributed by atoms with Crippen molar-refractivity contribution in [3.05, 3.63) is 32.3 Å². The molecule has 0 radical (unpaired) electrons. The molecule has 0 bridgehead atoms. The van der Waals surface area contributed by atoms with Gasteiger partial charge in [0.25, 0.3) is 0 Å². The topological polar surface area (TPSA) is 17.1 Å². The molecular formula is C12H13BrF2O. The molecule has 0 heterocycles. The Labute approximate surface area is 102 Å². The molecule has 88 valence electrons. The van der Waals surface area contributed by atoms with Crippen molar-refractivity contribution in [1.29, 1.82) is 0 Å². The molecule has 1 nitrogen and oxygen atoms in total. The molecule has 0 atom stereocenters. The van der Waals surface area contributed by atoms with Gasteiger partial charge in [0.05, 0.1) is 0 Å². The molecule has 0 aliphatic rings. The first-order chi connectivity index (χ1) is 7.29. The SMILES string of the molecule is Cc1c(C)c(C(=O)C(F)F)c(C)c(C)c1Br. The molecule has 16 heavy (non-hydrogen) atoms. The summed E-state index contributed by atoms with van der Waals surface area (Å²) in [7, 11) is 0. The second kappa shape index (κ2) is 4.62. The highest BCUT2D eigenvalue weighted by atomic mass is 79.9. The summed E-state index contributed by atoms with van der Waals surface area (Å²) in [5, 5.41) is 0. The minimum Gasteiger partial charge on any atom is -0.288 e. The van der Waals surface area contributed by atoms with E-state index in [4.69, 9.17) is 0 Å². The fourth-order valence-corrected chi connectivity index (χ4v) is 2.34. The van der Waals surface area contributed by atoms with Crippen molar-refractivity contribution in [2.75, 3.05) is 0 Å². The smallest absolute Gasteiger partial charge is 0.288 e. The highest BCUT2D eigenvalue weighted by Crippen LogP contribution is 2.31. The van der Waals surface area contributed by atoms with Crippen LogP contribution in [0.25, 0.3) is 0 Å². The number of carbonyl (C=O) groups excluding carboxylic acids is 1. The maximum atomic E-state index is 12.5. The first kappa shape index (κ1) is 13.3. The Kier molecular flexibility index (Phi) is 3.84. The molecule has 1 aromatic rings. The van der Waals surface area contributed by atoms with Crippen LogP contribution < -0.4 is 0 Å². The summed E-state index contributed by atoms with van der Waals surface area (Å²) < 4.78 is 25.8. The van der Waals surface area contributed by atoms with E-state index in [1.54, 1.807) is 13.8 Å². The monoisotopic (exact) mass is 290 g/mol. The average molecular weight is 291 g/mol. The van der Waals surface area contributed by atoms with Crippen LogP contribution in [0.3, 0.4) is 0 Å². The summed E-state index contributed by atoms with van der Waals surface area (Å²) in [4.78, 5) is 11.4. The van der Waals surface area contributed by atoms with Crippen molar-refractivity contribution in [3.63, 3.8) is 0 Å². The number of benzene rings is 1. The van der Waals surface area contributed by atoms with Crippen molar-refractivity contribution in [2.24, 2.45) is 0 Å². The standard InChI is InChI=1S/C12H13BrF2O/c1-5-7(3)10(13)8(4)6(2)9(5)11(16)12(14)15/h12H,1-4H3. The van der Waals surface area contributed by atoms with Gasteiger partial charge in [-0.15, -0.1) is 0 Å². The highest BCUT2D eigenvalue weighted by molar-refractivity contribution is 9.10. The Morgan fingerprint density at radius 1 is 1.00 bits per heavy atom. The van der Waals surface area contributed by atoms with Gasteiger partial charge in [-0.1, -0.05) is 15.9 Å². The number of halogens is 3. The molecule has 4 heteroatoms. The number of hydrogen-bond acceptors (Lipinski definition) is 1. The zero-order valence-corrected chi connectivity index (χ0v) is 11.2. The van der Waals surface area contributed by atoms with E-state index >= 15 is 0 Å². The fraction of sp³-hybridized carbons (Fsp3) is 0.417. The lowest BCUT2D eigenvalue weighted by molar-refractivity contribution is 0.0677. The summed E-state index contributed by atoms with van der Waals surface area (Å²) in [5.41, 5.74) is 3.09. The van der Waals surface area contributed by atoms with Crippen LogP contribution in [0.4, 0.5) is 8.78 Å². The number of hydrogen-bond donors (Lipinski definition) is 0. The van der Waals surface area contributed by atoms with E-state index in [1.165, 1.54) is 0 Å². The van der Waals surface area contributed by atoms with Gasteiger partial charge >= 0.3 is 6.43 Å².